The second kappa shape index (κ2) is 7.42. The van der Waals surface area contributed by atoms with Gasteiger partial charge >= 0.3 is 23.7 Å². The van der Waals surface area contributed by atoms with E-state index in [2.05, 4.69) is 9.47 Å². The Morgan fingerprint density at radius 3 is 1.97 bits per heavy atom. The van der Waals surface area contributed by atoms with Crippen molar-refractivity contribution in [3.05, 3.63) is 69.6 Å². The van der Waals surface area contributed by atoms with E-state index in [9.17, 15) is 27.6 Å². The van der Waals surface area contributed by atoms with Crippen molar-refractivity contribution in [1.82, 2.24) is 0 Å². The lowest BCUT2D eigenvalue weighted by atomic mass is 10.0. The molecule has 0 aliphatic rings. The summed E-state index contributed by atoms with van der Waals surface area (Å²) in [5.41, 5.74) is -1.76. The molecule has 0 saturated carbocycles. The fraction of sp³-hybridized carbons (Fsp3) is 0.150. The van der Waals surface area contributed by atoms with Crippen molar-refractivity contribution in [2.45, 2.75) is 6.18 Å². The van der Waals surface area contributed by atoms with Gasteiger partial charge in [0.25, 0.3) is 0 Å². The summed E-state index contributed by atoms with van der Waals surface area (Å²) in [7, 11) is 2.25. The number of esters is 2. The molecule has 6 nitrogen and oxygen atoms in total. The Kier molecular flexibility index (Phi) is 5.15. The van der Waals surface area contributed by atoms with Crippen LogP contribution in [-0.4, -0.2) is 26.2 Å². The third-order valence-electron chi connectivity index (χ3n) is 4.21. The van der Waals surface area contributed by atoms with Gasteiger partial charge in [0, 0.05) is 5.39 Å². The van der Waals surface area contributed by atoms with Gasteiger partial charge in [0.2, 0.25) is 0 Å². The highest BCUT2D eigenvalue weighted by molar-refractivity contribution is 6.06. The normalized spacial score (nSPS) is 11.3. The van der Waals surface area contributed by atoms with E-state index in [1.807, 2.05) is 0 Å². The molecule has 1 aromatic heterocycles. The van der Waals surface area contributed by atoms with Crippen LogP contribution in [0.25, 0.3) is 22.1 Å². The first-order chi connectivity index (χ1) is 13.7. The maximum atomic E-state index is 12.7. The Morgan fingerprint density at radius 1 is 0.897 bits per heavy atom. The third kappa shape index (κ3) is 3.84. The summed E-state index contributed by atoms with van der Waals surface area (Å²) in [6.45, 7) is 0. The molecule has 0 saturated heterocycles. The standard InChI is InChI=1S/C20H13F3O6/c1-27-17(24)14-8-11-7-13(10-3-5-12(6-4-10)20(21,22)23)19(26)29-16(11)9-15(14)18(25)28-2/h3-9H,1-2H3. The number of rotatable bonds is 3. The Bertz CT molecular complexity index is 1160. The number of alkyl halides is 3. The van der Waals surface area contributed by atoms with E-state index in [0.29, 0.717) is 0 Å². The van der Waals surface area contributed by atoms with Crippen LogP contribution < -0.4 is 5.63 Å². The van der Waals surface area contributed by atoms with Gasteiger partial charge in [0.1, 0.15) is 5.58 Å². The van der Waals surface area contributed by atoms with Gasteiger partial charge < -0.3 is 13.9 Å². The first-order valence-corrected chi connectivity index (χ1v) is 8.12. The molecule has 0 atom stereocenters. The fourth-order valence-electron chi connectivity index (χ4n) is 2.76. The molecule has 0 N–H and O–H groups in total. The maximum Gasteiger partial charge on any atom is 0.416 e. The molecule has 0 unspecified atom stereocenters. The maximum absolute atomic E-state index is 12.7. The first-order valence-electron chi connectivity index (χ1n) is 8.12. The number of methoxy groups -OCH3 is 2. The monoisotopic (exact) mass is 406 g/mol. The van der Waals surface area contributed by atoms with Crippen molar-refractivity contribution in [1.29, 1.82) is 0 Å². The van der Waals surface area contributed by atoms with E-state index in [1.165, 1.54) is 18.2 Å². The van der Waals surface area contributed by atoms with Crippen molar-refractivity contribution in [3.8, 4) is 11.1 Å². The van der Waals surface area contributed by atoms with Gasteiger partial charge in [0.05, 0.1) is 36.5 Å². The summed E-state index contributed by atoms with van der Waals surface area (Å²) < 4.78 is 52.7. The van der Waals surface area contributed by atoms with E-state index in [1.54, 1.807) is 0 Å². The molecule has 3 aromatic rings. The van der Waals surface area contributed by atoms with Crippen molar-refractivity contribution in [3.63, 3.8) is 0 Å². The number of benzene rings is 2. The molecule has 0 radical (unpaired) electrons. The zero-order valence-electron chi connectivity index (χ0n) is 15.1. The topological polar surface area (TPSA) is 82.8 Å². The summed E-state index contributed by atoms with van der Waals surface area (Å²) in [4.78, 5) is 36.3. The van der Waals surface area contributed by atoms with Gasteiger partial charge in [-0.15, -0.1) is 0 Å². The SMILES string of the molecule is COC(=O)c1cc2cc(-c3ccc(C(F)(F)F)cc3)c(=O)oc2cc1C(=O)OC. The molecule has 3 rings (SSSR count). The molecule has 9 heteroatoms. The summed E-state index contributed by atoms with van der Waals surface area (Å²) >= 11 is 0. The molecule has 0 bridgehead atoms. The van der Waals surface area contributed by atoms with Crippen LogP contribution in [0.15, 0.2) is 51.7 Å². The van der Waals surface area contributed by atoms with Crippen LogP contribution >= 0.6 is 0 Å². The lowest BCUT2D eigenvalue weighted by Gasteiger charge is -2.10. The predicted octanol–water partition coefficient (Wildman–Crippen LogP) is 4.05. The van der Waals surface area contributed by atoms with E-state index in [-0.39, 0.29) is 33.2 Å². The van der Waals surface area contributed by atoms with Crippen molar-refractivity contribution in [2.75, 3.05) is 14.2 Å². The highest BCUT2D eigenvalue weighted by Crippen LogP contribution is 2.31. The average Bonchev–Trinajstić information content (AvgIpc) is 2.70. The quantitative estimate of drug-likeness (QED) is 0.482. The molecule has 2 aromatic carbocycles. The number of fused-ring (bicyclic) bond motifs is 1. The van der Waals surface area contributed by atoms with Crippen LogP contribution in [0.2, 0.25) is 0 Å². The molecule has 0 amide bonds. The number of halogens is 3. The highest BCUT2D eigenvalue weighted by atomic mass is 19.4. The third-order valence-corrected chi connectivity index (χ3v) is 4.21. The van der Waals surface area contributed by atoms with Crippen LogP contribution in [0.1, 0.15) is 26.3 Å². The molecular weight excluding hydrogens is 393 g/mol. The lowest BCUT2D eigenvalue weighted by Crippen LogP contribution is -2.12. The Hall–Kier alpha value is -3.62. The van der Waals surface area contributed by atoms with Gasteiger partial charge in [-0.3, -0.25) is 0 Å². The minimum atomic E-state index is -4.51. The Labute approximate surface area is 161 Å². The van der Waals surface area contributed by atoms with E-state index in [0.717, 1.165) is 38.5 Å². The van der Waals surface area contributed by atoms with Gasteiger partial charge in [0.15, 0.2) is 0 Å². The zero-order chi connectivity index (χ0) is 21.3. The number of carbonyl (C=O) groups excluding carboxylic acids is 2. The minimum Gasteiger partial charge on any atom is -0.465 e. The van der Waals surface area contributed by atoms with Gasteiger partial charge in [-0.2, -0.15) is 13.2 Å². The first kappa shape index (κ1) is 20.1. The predicted molar refractivity (Wildman–Crippen MR) is 95.6 cm³/mol. The van der Waals surface area contributed by atoms with Gasteiger partial charge in [-0.1, -0.05) is 12.1 Å². The molecule has 150 valence electrons. The van der Waals surface area contributed by atoms with E-state index in [4.69, 9.17) is 4.42 Å². The smallest absolute Gasteiger partial charge is 0.416 e. The van der Waals surface area contributed by atoms with Gasteiger partial charge in [-0.05, 0) is 35.9 Å². The number of carbonyl (C=O) groups is 2. The van der Waals surface area contributed by atoms with E-state index >= 15 is 0 Å². The number of ether oxygens (including phenoxy) is 2. The van der Waals surface area contributed by atoms with Crippen molar-refractivity contribution in [2.24, 2.45) is 0 Å². The molecular formula is C20H13F3O6. The van der Waals surface area contributed by atoms with Crippen molar-refractivity contribution < 1.29 is 36.7 Å². The zero-order valence-corrected chi connectivity index (χ0v) is 15.1. The van der Waals surface area contributed by atoms with Gasteiger partial charge in [-0.25, -0.2) is 14.4 Å². The fourth-order valence-corrected chi connectivity index (χ4v) is 2.76. The second-order valence-corrected chi connectivity index (χ2v) is 5.94. The Balaban J connectivity index is 2.19. The molecule has 0 aliphatic heterocycles. The average molecular weight is 406 g/mol. The Morgan fingerprint density at radius 2 is 1.45 bits per heavy atom. The van der Waals surface area contributed by atoms with Crippen molar-refractivity contribution >= 4 is 22.9 Å². The second-order valence-electron chi connectivity index (χ2n) is 5.94. The number of hydrogen-bond donors (Lipinski definition) is 0. The number of hydrogen-bond acceptors (Lipinski definition) is 6. The molecule has 0 fully saturated rings. The van der Waals surface area contributed by atoms with Crippen LogP contribution in [0.5, 0.6) is 0 Å². The molecule has 29 heavy (non-hydrogen) atoms. The van der Waals surface area contributed by atoms with E-state index < -0.39 is 29.3 Å². The van der Waals surface area contributed by atoms with Crippen LogP contribution in [-0.2, 0) is 15.7 Å². The minimum absolute atomic E-state index is 0.00119. The highest BCUT2D eigenvalue weighted by Gasteiger charge is 2.30. The summed E-state index contributed by atoms with van der Waals surface area (Å²) in [6.07, 6.45) is -4.51. The molecule has 0 spiro atoms. The van der Waals surface area contributed by atoms with Crippen LogP contribution in [0, 0.1) is 0 Å². The summed E-state index contributed by atoms with van der Waals surface area (Å²) in [5.74, 6) is -1.64. The summed E-state index contributed by atoms with van der Waals surface area (Å²) in [5, 5.41) is 0.271. The molecule has 1 heterocycles. The lowest BCUT2D eigenvalue weighted by molar-refractivity contribution is -0.137. The summed E-state index contributed by atoms with van der Waals surface area (Å²) in [6, 6.07) is 7.79. The van der Waals surface area contributed by atoms with Crippen LogP contribution in [0.3, 0.4) is 0 Å². The van der Waals surface area contributed by atoms with Crippen LogP contribution in [0.4, 0.5) is 13.2 Å². The largest absolute Gasteiger partial charge is 0.465 e. The molecule has 0 aliphatic carbocycles.